The Morgan fingerprint density at radius 3 is 2.73 bits per heavy atom. The van der Waals surface area contributed by atoms with Crippen molar-refractivity contribution < 1.29 is 9.21 Å². The van der Waals surface area contributed by atoms with Gasteiger partial charge in [-0.1, -0.05) is 13.8 Å². The lowest BCUT2D eigenvalue weighted by atomic mass is 10.1. The molecular formula is C15H22N4O2S. The number of nitrogens with zero attached hydrogens (tertiary/aromatic N) is 2. The lowest BCUT2D eigenvalue weighted by Gasteiger charge is -2.10. The van der Waals surface area contributed by atoms with Crippen LogP contribution in [-0.2, 0) is 19.4 Å². The quantitative estimate of drug-likeness (QED) is 0.801. The number of hydrogen-bond acceptors (Lipinski definition) is 4. The lowest BCUT2D eigenvalue weighted by Crippen LogP contribution is -2.24. The van der Waals surface area contributed by atoms with Crippen molar-refractivity contribution in [1.82, 2.24) is 20.1 Å². The van der Waals surface area contributed by atoms with Crippen molar-refractivity contribution >= 4 is 18.1 Å². The monoisotopic (exact) mass is 322 g/mol. The molecule has 2 aromatic rings. The van der Waals surface area contributed by atoms with E-state index in [4.69, 9.17) is 16.6 Å². The topological polar surface area (TPSA) is 75.8 Å². The molecule has 2 N–H and O–H groups in total. The number of H-pyrrole nitrogens is 1. The summed E-state index contributed by atoms with van der Waals surface area (Å²) >= 11 is 5.19. The summed E-state index contributed by atoms with van der Waals surface area (Å²) in [5, 5.41) is 9.74. The van der Waals surface area contributed by atoms with Crippen LogP contribution in [0.25, 0.3) is 0 Å². The first-order valence-electron chi connectivity index (χ1n) is 7.53. The zero-order valence-corrected chi connectivity index (χ0v) is 14.2. The summed E-state index contributed by atoms with van der Waals surface area (Å²) in [6, 6.07) is 1.99. The molecule has 0 fully saturated rings. The molecule has 0 saturated heterocycles. The highest BCUT2D eigenvalue weighted by Crippen LogP contribution is 2.17. The molecule has 120 valence electrons. The van der Waals surface area contributed by atoms with Crippen molar-refractivity contribution in [1.29, 1.82) is 0 Å². The normalized spacial score (nSPS) is 11.1. The summed E-state index contributed by atoms with van der Waals surface area (Å²) in [6.45, 7) is 8.40. The van der Waals surface area contributed by atoms with E-state index in [0.29, 0.717) is 22.9 Å². The van der Waals surface area contributed by atoms with Crippen molar-refractivity contribution in [3.05, 3.63) is 33.7 Å². The van der Waals surface area contributed by atoms with Crippen LogP contribution in [-0.4, -0.2) is 20.7 Å². The Hall–Kier alpha value is -1.89. The van der Waals surface area contributed by atoms with Crippen LogP contribution in [0.2, 0.25) is 0 Å². The molecule has 0 aliphatic rings. The van der Waals surface area contributed by atoms with E-state index in [-0.39, 0.29) is 11.9 Å². The minimum atomic E-state index is -0.237. The summed E-state index contributed by atoms with van der Waals surface area (Å²) in [6.07, 6.45) is 1.63. The third-order valence-electron chi connectivity index (χ3n) is 3.52. The number of rotatable bonds is 6. The Morgan fingerprint density at radius 2 is 2.18 bits per heavy atom. The predicted molar refractivity (Wildman–Crippen MR) is 86.4 cm³/mol. The Kier molecular flexibility index (Phi) is 5.18. The third-order valence-corrected chi connectivity index (χ3v) is 3.81. The Labute approximate surface area is 134 Å². The summed E-state index contributed by atoms with van der Waals surface area (Å²) in [4.78, 5) is 12.2. The number of aromatic nitrogens is 3. The Morgan fingerprint density at radius 1 is 1.45 bits per heavy atom. The van der Waals surface area contributed by atoms with E-state index in [1.165, 1.54) is 0 Å². The van der Waals surface area contributed by atoms with E-state index >= 15 is 0 Å². The van der Waals surface area contributed by atoms with Crippen molar-refractivity contribution in [2.45, 2.75) is 53.1 Å². The molecule has 0 bridgehead atoms. The second-order valence-corrected chi connectivity index (χ2v) is 5.74. The second-order valence-electron chi connectivity index (χ2n) is 5.36. The van der Waals surface area contributed by atoms with Gasteiger partial charge in [0.15, 0.2) is 16.4 Å². The van der Waals surface area contributed by atoms with Gasteiger partial charge < -0.3 is 14.3 Å². The van der Waals surface area contributed by atoms with Gasteiger partial charge >= 0.3 is 0 Å². The van der Waals surface area contributed by atoms with Crippen LogP contribution in [0, 0.1) is 4.77 Å². The number of hydrogen-bond donors (Lipinski definition) is 2. The van der Waals surface area contributed by atoms with Crippen LogP contribution in [0.5, 0.6) is 0 Å². The molecular weight excluding hydrogens is 300 g/mol. The van der Waals surface area contributed by atoms with Crippen LogP contribution < -0.4 is 5.32 Å². The largest absolute Gasteiger partial charge is 0.456 e. The highest BCUT2D eigenvalue weighted by molar-refractivity contribution is 7.71. The van der Waals surface area contributed by atoms with Gasteiger partial charge in [-0.3, -0.25) is 9.89 Å². The van der Waals surface area contributed by atoms with Gasteiger partial charge in [-0.2, -0.15) is 5.10 Å². The number of furan rings is 1. The summed E-state index contributed by atoms with van der Waals surface area (Å²) in [5.74, 6) is 1.68. The number of aryl methyl sites for hydroxylation is 2. The zero-order valence-electron chi connectivity index (χ0n) is 13.4. The maximum Gasteiger partial charge on any atom is 0.287 e. The minimum absolute atomic E-state index is 0.181. The SMILES string of the molecule is CCc1cc(C(=O)NCc2n[nH]c(=S)n2C(C)C)oc1CC. The molecule has 0 aliphatic carbocycles. The van der Waals surface area contributed by atoms with Crippen LogP contribution in [0.3, 0.4) is 0 Å². The molecule has 0 radical (unpaired) electrons. The van der Waals surface area contributed by atoms with E-state index < -0.39 is 0 Å². The number of carbonyl (C=O) groups excluding carboxylic acids is 1. The molecule has 1 amide bonds. The van der Waals surface area contributed by atoms with Gasteiger partial charge in [-0.25, -0.2) is 0 Å². The van der Waals surface area contributed by atoms with E-state index in [1.807, 2.05) is 38.3 Å². The molecule has 0 aromatic carbocycles. The van der Waals surface area contributed by atoms with Crippen LogP contribution >= 0.6 is 12.2 Å². The first-order valence-corrected chi connectivity index (χ1v) is 7.94. The highest BCUT2D eigenvalue weighted by Gasteiger charge is 2.16. The molecule has 22 heavy (non-hydrogen) atoms. The number of carbonyl (C=O) groups is 1. The molecule has 0 aliphatic heterocycles. The highest BCUT2D eigenvalue weighted by atomic mass is 32.1. The fourth-order valence-electron chi connectivity index (χ4n) is 2.42. The predicted octanol–water partition coefficient (Wildman–Crippen LogP) is 3.17. The lowest BCUT2D eigenvalue weighted by molar-refractivity contribution is 0.0920. The van der Waals surface area contributed by atoms with Gasteiger partial charge in [-0.05, 0) is 44.1 Å². The third kappa shape index (κ3) is 3.30. The summed E-state index contributed by atoms with van der Waals surface area (Å²) < 4.78 is 8.06. The molecule has 6 nitrogen and oxygen atoms in total. The van der Waals surface area contributed by atoms with Crippen molar-refractivity contribution in [2.75, 3.05) is 0 Å². The number of aromatic amines is 1. The molecule has 2 aromatic heterocycles. The summed E-state index contributed by atoms with van der Waals surface area (Å²) in [5.41, 5.74) is 1.08. The summed E-state index contributed by atoms with van der Waals surface area (Å²) in [7, 11) is 0. The van der Waals surface area contributed by atoms with Gasteiger partial charge in [0.1, 0.15) is 5.76 Å². The maximum atomic E-state index is 12.2. The van der Waals surface area contributed by atoms with Crippen LogP contribution in [0.1, 0.15) is 61.4 Å². The number of amides is 1. The Bertz CT molecular complexity index is 690. The van der Waals surface area contributed by atoms with E-state index in [1.54, 1.807) is 0 Å². The molecule has 0 unspecified atom stereocenters. The standard InChI is InChI=1S/C15H22N4O2S/c1-5-10-7-12(21-11(10)6-2)14(20)16-8-13-17-18-15(22)19(13)9(3)4/h7,9H,5-6,8H2,1-4H3,(H,16,20)(H,18,22). The smallest absolute Gasteiger partial charge is 0.287 e. The maximum absolute atomic E-state index is 12.2. The van der Waals surface area contributed by atoms with Crippen molar-refractivity contribution in [2.24, 2.45) is 0 Å². The average molecular weight is 322 g/mol. The Balaban J connectivity index is 2.10. The molecule has 0 saturated carbocycles. The molecule has 2 heterocycles. The van der Waals surface area contributed by atoms with Crippen LogP contribution in [0.4, 0.5) is 0 Å². The van der Waals surface area contributed by atoms with Gasteiger partial charge in [0.2, 0.25) is 0 Å². The van der Waals surface area contributed by atoms with Gasteiger partial charge in [0.25, 0.3) is 5.91 Å². The second kappa shape index (κ2) is 6.91. The van der Waals surface area contributed by atoms with Gasteiger partial charge in [-0.15, -0.1) is 0 Å². The molecule has 0 spiro atoms. The fourth-order valence-corrected chi connectivity index (χ4v) is 2.78. The molecule has 0 atom stereocenters. The van der Waals surface area contributed by atoms with Crippen molar-refractivity contribution in [3.63, 3.8) is 0 Å². The van der Waals surface area contributed by atoms with E-state index in [9.17, 15) is 4.79 Å². The molecule has 2 rings (SSSR count). The first-order chi connectivity index (χ1) is 10.5. The van der Waals surface area contributed by atoms with Gasteiger partial charge in [0, 0.05) is 12.5 Å². The average Bonchev–Trinajstić information content (AvgIpc) is 3.07. The number of nitrogens with one attached hydrogen (secondary N) is 2. The van der Waals surface area contributed by atoms with Crippen molar-refractivity contribution in [3.8, 4) is 0 Å². The minimum Gasteiger partial charge on any atom is -0.456 e. The zero-order chi connectivity index (χ0) is 16.3. The molecule has 7 heteroatoms. The first kappa shape index (κ1) is 16.5. The van der Waals surface area contributed by atoms with E-state index in [0.717, 1.165) is 24.2 Å². The van der Waals surface area contributed by atoms with Gasteiger partial charge in [0.05, 0.1) is 6.54 Å². The fraction of sp³-hybridized carbons (Fsp3) is 0.533. The van der Waals surface area contributed by atoms with E-state index in [2.05, 4.69) is 15.5 Å². The van der Waals surface area contributed by atoms with Crippen LogP contribution in [0.15, 0.2) is 10.5 Å².